The van der Waals surface area contributed by atoms with Gasteiger partial charge in [-0.15, -0.1) is 0 Å². The zero-order valence-corrected chi connectivity index (χ0v) is 22.2. The number of benzene rings is 3. The standard InChI is InChI=1S/C29H31ClFN3O3/c1-18(2)14-15-34(29(35)21-12-13-24(36-3)28(37-4)26(21)30)17-25-32-23-11-7-9-20(27(23)33-25)16-19-8-5-6-10-22(19)31/h5-13,18H,14-17H2,1-4H3,(H,32,33). The lowest BCUT2D eigenvalue weighted by Gasteiger charge is -2.24. The molecule has 0 aliphatic rings. The molecule has 4 aromatic rings. The first kappa shape index (κ1) is 26.5. The number of nitrogens with zero attached hydrogens (tertiary/aromatic N) is 2. The third-order valence-corrected chi connectivity index (χ3v) is 6.68. The monoisotopic (exact) mass is 523 g/mol. The van der Waals surface area contributed by atoms with Gasteiger partial charge in [-0.1, -0.05) is 55.8 Å². The van der Waals surface area contributed by atoms with Crippen molar-refractivity contribution < 1.29 is 18.7 Å². The highest BCUT2D eigenvalue weighted by Crippen LogP contribution is 2.38. The number of fused-ring (bicyclic) bond motifs is 1. The average molecular weight is 524 g/mol. The number of ether oxygens (including phenoxy) is 2. The first-order chi connectivity index (χ1) is 17.8. The molecule has 6 nitrogen and oxygen atoms in total. The van der Waals surface area contributed by atoms with Gasteiger partial charge in [0, 0.05) is 13.0 Å². The van der Waals surface area contributed by atoms with Crippen molar-refractivity contribution in [1.82, 2.24) is 14.9 Å². The molecule has 194 valence electrons. The maximum absolute atomic E-state index is 14.3. The third kappa shape index (κ3) is 5.88. The third-order valence-electron chi connectivity index (χ3n) is 6.30. The highest BCUT2D eigenvalue weighted by Gasteiger charge is 2.24. The van der Waals surface area contributed by atoms with E-state index >= 15 is 0 Å². The largest absolute Gasteiger partial charge is 0.493 e. The van der Waals surface area contributed by atoms with Crippen LogP contribution in [0.5, 0.6) is 11.5 Å². The molecule has 8 heteroatoms. The lowest BCUT2D eigenvalue weighted by atomic mass is 10.0. The Labute approximate surface area is 221 Å². The van der Waals surface area contributed by atoms with Crippen LogP contribution in [0.4, 0.5) is 4.39 Å². The van der Waals surface area contributed by atoms with E-state index < -0.39 is 0 Å². The lowest BCUT2D eigenvalue weighted by molar-refractivity contribution is 0.0731. The molecule has 0 aliphatic carbocycles. The number of aromatic amines is 1. The van der Waals surface area contributed by atoms with Gasteiger partial charge in [-0.25, -0.2) is 9.37 Å². The molecule has 0 fully saturated rings. The van der Waals surface area contributed by atoms with Crippen LogP contribution in [0, 0.1) is 11.7 Å². The minimum atomic E-state index is -0.243. The van der Waals surface area contributed by atoms with Crippen LogP contribution in [0.15, 0.2) is 54.6 Å². The van der Waals surface area contributed by atoms with E-state index in [4.69, 9.17) is 26.1 Å². The van der Waals surface area contributed by atoms with Crippen LogP contribution in [0.1, 0.15) is 47.6 Å². The lowest BCUT2D eigenvalue weighted by Crippen LogP contribution is -2.33. The first-order valence-corrected chi connectivity index (χ1v) is 12.6. The van der Waals surface area contributed by atoms with E-state index in [9.17, 15) is 9.18 Å². The SMILES string of the molecule is COc1ccc(C(=O)N(CCC(C)C)Cc2nc3c(Cc4ccccc4F)cccc3[nH]2)c(Cl)c1OC. The fourth-order valence-electron chi connectivity index (χ4n) is 4.28. The number of halogens is 2. The molecule has 1 N–H and O–H groups in total. The van der Waals surface area contributed by atoms with E-state index in [1.54, 1.807) is 29.2 Å². The van der Waals surface area contributed by atoms with E-state index in [0.29, 0.717) is 47.3 Å². The number of carbonyl (C=O) groups excluding carboxylic acids is 1. The van der Waals surface area contributed by atoms with E-state index in [2.05, 4.69) is 18.8 Å². The van der Waals surface area contributed by atoms with Crippen molar-refractivity contribution in [3.05, 3.63) is 88.0 Å². The summed E-state index contributed by atoms with van der Waals surface area (Å²) in [6.45, 7) is 5.02. The van der Waals surface area contributed by atoms with Crippen molar-refractivity contribution in [3.63, 3.8) is 0 Å². The van der Waals surface area contributed by atoms with Gasteiger partial charge in [-0.3, -0.25) is 4.79 Å². The summed E-state index contributed by atoms with van der Waals surface area (Å²) in [6.07, 6.45) is 1.24. The van der Waals surface area contributed by atoms with Crippen molar-refractivity contribution in [2.75, 3.05) is 20.8 Å². The first-order valence-electron chi connectivity index (χ1n) is 12.2. The number of H-pyrrole nitrogens is 1. The number of amides is 1. The van der Waals surface area contributed by atoms with E-state index in [0.717, 1.165) is 23.0 Å². The van der Waals surface area contributed by atoms with Gasteiger partial charge in [0.1, 0.15) is 11.6 Å². The van der Waals surface area contributed by atoms with Gasteiger partial charge in [0.25, 0.3) is 5.91 Å². The molecule has 0 spiro atoms. The molecule has 0 bridgehead atoms. The molecule has 1 amide bonds. The van der Waals surface area contributed by atoms with E-state index in [-0.39, 0.29) is 23.3 Å². The molecule has 0 saturated carbocycles. The molecule has 0 saturated heterocycles. The second-order valence-electron chi connectivity index (χ2n) is 9.34. The van der Waals surface area contributed by atoms with Crippen LogP contribution in [0.2, 0.25) is 5.02 Å². The summed E-state index contributed by atoms with van der Waals surface area (Å²) in [5.74, 6) is 1.35. The minimum absolute atomic E-state index is 0.207. The highest BCUT2D eigenvalue weighted by atomic mass is 35.5. The number of rotatable bonds is 10. The van der Waals surface area contributed by atoms with Crippen LogP contribution in [0.3, 0.4) is 0 Å². The predicted molar refractivity (Wildman–Crippen MR) is 144 cm³/mol. The van der Waals surface area contributed by atoms with Crippen LogP contribution in [0.25, 0.3) is 11.0 Å². The number of para-hydroxylation sites is 1. The maximum Gasteiger partial charge on any atom is 0.255 e. The zero-order valence-electron chi connectivity index (χ0n) is 21.5. The van der Waals surface area contributed by atoms with Crippen molar-refractivity contribution in [2.45, 2.75) is 33.2 Å². The Balaban J connectivity index is 1.65. The van der Waals surface area contributed by atoms with E-state index in [1.807, 2.05) is 24.3 Å². The summed E-state index contributed by atoms with van der Waals surface area (Å²) in [6, 6.07) is 15.9. The molecule has 4 rings (SSSR count). The fraction of sp³-hybridized carbons (Fsp3) is 0.310. The van der Waals surface area contributed by atoms with Gasteiger partial charge in [-0.05, 0) is 47.7 Å². The maximum atomic E-state index is 14.3. The number of nitrogens with one attached hydrogen (secondary N) is 1. The Kier molecular flexibility index (Phi) is 8.34. The quantitative estimate of drug-likeness (QED) is 0.252. The summed E-state index contributed by atoms with van der Waals surface area (Å²) in [4.78, 5) is 23.6. The summed E-state index contributed by atoms with van der Waals surface area (Å²) >= 11 is 6.57. The second kappa shape index (κ2) is 11.6. The van der Waals surface area contributed by atoms with Gasteiger partial charge in [0.15, 0.2) is 11.5 Å². The predicted octanol–water partition coefficient (Wildman–Crippen LogP) is 6.65. The molecule has 0 radical (unpaired) electrons. The molecule has 3 aromatic carbocycles. The summed E-state index contributed by atoms with van der Waals surface area (Å²) in [5.41, 5.74) is 3.45. The molecule has 1 aromatic heterocycles. The zero-order chi connectivity index (χ0) is 26.5. The Bertz CT molecular complexity index is 1400. The molecule has 37 heavy (non-hydrogen) atoms. The van der Waals surface area contributed by atoms with Gasteiger partial charge in [0.2, 0.25) is 0 Å². The van der Waals surface area contributed by atoms with Crippen molar-refractivity contribution in [2.24, 2.45) is 5.92 Å². The van der Waals surface area contributed by atoms with Crippen LogP contribution in [-0.2, 0) is 13.0 Å². The topological polar surface area (TPSA) is 67.5 Å². The summed E-state index contributed by atoms with van der Waals surface area (Å²) in [7, 11) is 3.01. The van der Waals surface area contributed by atoms with Gasteiger partial charge in [0.05, 0.1) is 42.4 Å². The summed E-state index contributed by atoms with van der Waals surface area (Å²) in [5, 5.41) is 0.207. The van der Waals surface area contributed by atoms with Crippen molar-refractivity contribution in [3.8, 4) is 11.5 Å². The highest BCUT2D eigenvalue weighted by molar-refractivity contribution is 6.35. The van der Waals surface area contributed by atoms with Gasteiger partial charge in [-0.2, -0.15) is 0 Å². The minimum Gasteiger partial charge on any atom is -0.493 e. The number of hydrogen-bond acceptors (Lipinski definition) is 4. The van der Waals surface area contributed by atoms with Crippen molar-refractivity contribution >= 4 is 28.5 Å². The van der Waals surface area contributed by atoms with Crippen LogP contribution < -0.4 is 9.47 Å². The average Bonchev–Trinajstić information content (AvgIpc) is 3.30. The summed E-state index contributed by atoms with van der Waals surface area (Å²) < 4.78 is 25.0. The smallest absolute Gasteiger partial charge is 0.255 e. The number of aromatic nitrogens is 2. The van der Waals surface area contributed by atoms with E-state index in [1.165, 1.54) is 20.3 Å². The fourth-order valence-corrected chi connectivity index (χ4v) is 4.59. The normalized spacial score (nSPS) is 11.2. The Morgan fingerprint density at radius 1 is 1.05 bits per heavy atom. The second-order valence-corrected chi connectivity index (χ2v) is 9.71. The van der Waals surface area contributed by atoms with Gasteiger partial charge >= 0.3 is 0 Å². The Morgan fingerprint density at radius 3 is 2.51 bits per heavy atom. The molecule has 1 heterocycles. The number of methoxy groups -OCH3 is 2. The van der Waals surface area contributed by atoms with Crippen LogP contribution in [-0.4, -0.2) is 41.5 Å². The van der Waals surface area contributed by atoms with Crippen molar-refractivity contribution in [1.29, 1.82) is 0 Å². The molecule has 0 atom stereocenters. The van der Waals surface area contributed by atoms with Crippen LogP contribution >= 0.6 is 11.6 Å². The number of hydrogen-bond donors (Lipinski definition) is 1. The molecular weight excluding hydrogens is 493 g/mol. The Hall–Kier alpha value is -3.58. The molecular formula is C29H31ClFN3O3. The molecule has 0 aliphatic heterocycles. The number of imidazole rings is 1. The molecule has 0 unspecified atom stereocenters. The number of carbonyl (C=O) groups is 1. The van der Waals surface area contributed by atoms with Gasteiger partial charge < -0.3 is 19.4 Å². The Morgan fingerprint density at radius 2 is 1.81 bits per heavy atom.